The van der Waals surface area contributed by atoms with E-state index in [0.29, 0.717) is 50.4 Å². The molecule has 5 rings (SSSR count). The van der Waals surface area contributed by atoms with Crippen molar-refractivity contribution < 1.29 is 51.5 Å². The highest BCUT2D eigenvalue weighted by Gasteiger charge is 2.17. The van der Waals surface area contributed by atoms with Crippen LogP contribution in [0.3, 0.4) is 0 Å². The summed E-state index contributed by atoms with van der Waals surface area (Å²) in [5.41, 5.74) is 2.00. The van der Waals surface area contributed by atoms with Crippen LogP contribution >= 0.6 is 0 Å². The number of hydrogen-bond acceptors (Lipinski definition) is 13. The SMILES string of the molecule is CS(=O)(=O)O.Cc1ccc(N=Nc2ccc(N=Nc3ccccc3S(=O)(=O)O)c3ccccc23)c2cccc(S(=O)(=O)O)c12.O=S(=O)=O. The Morgan fingerprint density at radius 2 is 0.854 bits per heavy atom. The lowest BCUT2D eigenvalue weighted by atomic mass is 10.0. The summed E-state index contributed by atoms with van der Waals surface area (Å²) in [7, 11) is -15.7. The second kappa shape index (κ2) is 15.4. The third-order valence-electron chi connectivity index (χ3n) is 6.02. The molecule has 5 aromatic rings. The van der Waals surface area contributed by atoms with Crippen LogP contribution in [0.2, 0.25) is 0 Å². The Balaban J connectivity index is 0.000000617. The lowest BCUT2D eigenvalue weighted by Gasteiger charge is -2.09. The van der Waals surface area contributed by atoms with Gasteiger partial charge >= 0.3 is 10.6 Å². The van der Waals surface area contributed by atoms with Gasteiger partial charge in [-0.15, -0.1) is 33.1 Å². The van der Waals surface area contributed by atoms with Crippen LogP contribution < -0.4 is 0 Å². The van der Waals surface area contributed by atoms with E-state index in [4.69, 9.17) is 17.2 Å². The molecule has 0 fully saturated rings. The van der Waals surface area contributed by atoms with Crippen LogP contribution in [0, 0.1) is 6.92 Å². The van der Waals surface area contributed by atoms with Gasteiger partial charge in [0.25, 0.3) is 30.4 Å². The average molecular weight is 737 g/mol. The van der Waals surface area contributed by atoms with E-state index in [-0.39, 0.29) is 15.5 Å². The third kappa shape index (κ3) is 10.6. The summed E-state index contributed by atoms with van der Waals surface area (Å²) >= 11 is 0. The molecule has 3 N–H and O–H groups in total. The van der Waals surface area contributed by atoms with E-state index in [1.807, 2.05) is 12.1 Å². The van der Waals surface area contributed by atoms with Crippen molar-refractivity contribution in [2.24, 2.45) is 20.5 Å². The van der Waals surface area contributed by atoms with Gasteiger partial charge in [0.15, 0.2) is 0 Å². The van der Waals surface area contributed by atoms with Crippen LogP contribution in [0.5, 0.6) is 0 Å². The zero-order chi connectivity index (χ0) is 35.9. The van der Waals surface area contributed by atoms with E-state index in [9.17, 15) is 34.4 Å². The number of fused-ring (bicyclic) bond motifs is 2. The fourth-order valence-corrected chi connectivity index (χ4v) is 5.65. The van der Waals surface area contributed by atoms with Crippen LogP contribution in [0.1, 0.15) is 5.56 Å². The Hall–Kier alpha value is -4.83. The number of aryl methyl sites for hydroxylation is 1. The number of nitrogens with zero attached hydrogens (tertiary/aromatic N) is 4. The van der Waals surface area contributed by atoms with Crippen LogP contribution in [0.15, 0.2) is 121 Å². The lowest BCUT2D eigenvalue weighted by molar-refractivity contribution is 0.481. The van der Waals surface area contributed by atoms with Crippen LogP contribution in [-0.4, -0.2) is 57.8 Å². The molecule has 48 heavy (non-hydrogen) atoms. The van der Waals surface area contributed by atoms with Crippen LogP contribution in [0.4, 0.5) is 22.7 Å². The monoisotopic (exact) mass is 736 g/mol. The molecular formula is C28H24N4O12S4. The maximum absolute atomic E-state index is 11.9. The van der Waals surface area contributed by atoms with Crippen molar-refractivity contribution in [3.63, 3.8) is 0 Å². The van der Waals surface area contributed by atoms with E-state index >= 15 is 0 Å². The molecule has 0 aliphatic rings. The van der Waals surface area contributed by atoms with Crippen LogP contribution in [-0.2, 0) is 41.0 Å². The first-order valence-corrected chi connectivity index (χ1v) is 18.6. The standard InChI is InChI=1S/C27H20N4O6S2.CH4O3S.O3S/c1-17-13-14-23(20-9-6-12-26(27(17)20)39(35,36)37)30-28-21-15-16-22(19-8-3-2-7-18(19)21)29-31-24-10-4-5-11-25(24)38(32,33)34;1-5(2,3)4;1-4(2)3/h2-16H,1H3,(H,32,33,34)(H,35,36,37);1H3,(H,2,3,4);. The molecule has 0 aromatic heterocycles. The minimum Gasteiger partial charge on any atom is -0.286 e. The molecule has 0 unspecified atom stereocenters. The highest BCUT2D eigenvalue weighted by Crippen LogP contribution is 2.38. The molecule has 0 radical (unpaired) electrons. The fraction of sp³-hybridized carbons (Fsp3) is 0.0714. The first-order chi connectivity index (χ1) is 22.3. The van der Waals surface area contributed by atoms with Gasteiger partial charge in [-0.2, -0.15) is 25.3 Å². The van der Waals surface area contributed by atoms with Gasteiger partial charge in [0, 0.05) is 21.5 Å². The van der Waals surface area contributed by atoms with Gasteiger partial charge in [-0.25, -0.2) is 0 Å². The number of rotatable bonds is 6. The number of benzene rings is 5. The largest absolute Gasteiger partial charge is 0.425 e. The van der Waals surface area contributed by atoms with Crippen molar-refractivity contribution >= 4 is 85.3 Å². The summed E-state index contributed by atoms with van der Waals surface area (Å²) < 4.78 is 118. The average Bonchev–Trinajstić information content (AvgIpc) is 2.98. The highest BCUT2D eigenvalue weighted by atomic mass is 32.2. The van der Waals surface area contributed by atoms with Gasteiger partial charge in [-0.3, -0.25) is 13.7 Å². The minimum atomic E-state index is -4.48. The Morgan fingerprint density at radius 3 is 1.33 bits per heavy atom. The molecule has 16 nitrogen and oxygen atoms in total. The molecular weight excluding hydrogens is 713 g/mol. The second-order valence-corrected chi connectivity index (χ2v) is 14.1. The molecule has 0 atom stereocenters. The zero-order valence-corrected chi connectivity index (χ0v) is 27.9. The molecule has 0 aliphatic carbocycles. The molecule has 0 amide bonds. The molecule has 0 spiro atoms. The van der Waals surface area contributed by atoms with Gasteiger partial charge in [0.1, 0.15) is 15.5 Å². The fourth-order valence-electron chi connectivity index (χ4n) is 4.25. The highest BCUT2D eigenvalue weighted by molar-refractivity contribution is 7.86. The quantitative estimate of drug-likeness (QED) is 0.131. The predicted octanol–water partition coefficient (Wildman–Crippen LogP) is 6.13. The van der Waals surface area contributed by atoms with E-state index in [1.54, 1.807) is 55.5 Å². The molecule has 20 heteroatoms. The van der Waals surface area contributed by atoms with E-state index in [0.717, 1.165) is 0 Å². The Kier molecular flexibility index (Phi) is 12.1. The Bertz CT molecular complexity index is 2510. The van der Waals surface area contributed by atoms with E-state index in [2.05, 4.69) is 20.5 Å². The predicted molar refractivity (Wildman–Crippen MR) is 174 cm³/mol. The Labute approximate surface area is 275 Å². The van der Waals surface area contributed by atoms with Crippen molar-refractivity contribution in [2.75, 3.05) is 6.26 Å². The van der Waals surface area contributed by atoms with Gasteiger partial charge in [0.2, 0.25) is 0 Å². The molecule has 0 aliphatic heterocycles. The summed E-state index contributed by atoms with van der Waals surface area (Å²) in [5, 5.41) is 19.3. The first kappa shape index (κ1) is 37.6. The number of hydrogen-bond donors (Lipinski definition) is 3. The lowest BCUT2D eigenvalue weighted by Crippen LogP contribution is -1.99. The molecule has 0 saturated heterocycles. The molecule has 5 aromatic carbocycles. The first-order valence-electron chi connectivity index (χ1n) is 12.9. The van der Waals surface area contributed by atoms with Crippen molar-refractivity contribution in [1.82, 2.24) is 0 Å². The third-order valence-corrected chi connectivity index (χ3v) is 7.81. The summed E-state index contributed by atoms with van der Waals surface area (Å²) in [6, 6.07) is 24.3. The van der Waals surface area contributed by atoms with E-state index in [1.165, 1.54) is 30.3 Å². The van der Waals surface area contributed by atoms with Gasteiger partial charge in [-0.1, -0.05) is 54.6 Å². The van der Waals surface area contributed by atoms with Crippen molar-refractivity contribution in [2.45, 2.75) is 16.7 Å². The summed E-state index contributed by atoms with van der Waals surface area (Å²) in [6.45, 7) is 1.74. The Morgan fingerprint density at radius 1 is 0.500 bits per heavy atom. The molecule has 0 bridgehead atoms. The normalized spacial score (nSPS) is 12.0. The second-order valence-electron chi connectivity index (χ2n) is 9.48. The molecule has 252 valence electrons. The van der Waals surface area contributed by atoms with Crippen molar-refractivity contribution in [3.8, 4) is 0 Å². The molecule has 0 heterocycles. The zero-order valence-electron chi connectivity index (χ0n) is 24.6. The maximum Gasteiger partial charge on any atom is 0.425 e. The summed E-state index contributed by atoms with van der Waals surface area (Å²) in [6.07, 6.45) is 0.715. The molecule has 0 saturated carbocycles. The van der Waals surface area contributed by atoms with Crippen LogP contribution in [0.25, 0.3) is 21.5 Å². The maximum atomic E-state index is 11.9. The van der Waals surface area contributed by atoms with Gasteiger partial charge < -0.3 is 0 Å². The minimum absolute atomic E-state index is 0.0108. The summed E-state index contributed by atoms with van der Waals surface area (Å²) in [4.78, 5) is -0.559. The van der Waals surface area contributed by atoms with Gasteiger partial charge in [-0.05, 0) is 48.9 Å². The van der Waals surface area contributed by atoms with E-state index < -0.39 is 41.0 Å². The van der Waals surface area contributed by atoms with Crippen molar-refractivity contribution in [3.05, 3.63) is 96.6 Å². The number of azo groups is 2. The van der Waals surface area contributed by atoms with Crippen molar-refractivity contribution in [1.29, 1.82) is 0 Å². The summed E-state index contributed by atoms with van der Waals surface area (Å²) in [5.74, 6) is 0. The topological polar surface area (TPSA) is 264 Å². The van der Waals surface area contributed by atoms with Gasteiger partial charge in [0.05, 0.1) is 23.3 Å². The smallest absolute Gasteiger partial charge is 0.286 e.